The molecule has 0 aliphatic carbocycles. The van der Waals surface area contributed by atoms with E-state index < -0.39 is 10.0 Å². The normalized spacial score (nSPS) is 11.2. The topological polar surface area (TPSA) is 75.3 Å². The van der Waals surface area contributed by atoms with E-state index in [1.807, 2.05) is 0 Å². The van der Waals surface area contributed by atoms with Crippen LogP contribution in [0, 0.1) is 0 Å². The molecule has 23 heavy (non-hydrogen) atoms. The lowest BCUT2D eigenvalue weighted by Crippen LogP contribution is -2.25. The van der Waals surface area contributed by atoms with E-state index in [0.717, 1.165) is 17.8 Å². The molecule has 1 amide bonds. The SMILES string of the molecule is CS(=O)(=O)Nc1cccc(C(=O)NCCSCc2ccsc2)c1. The Hall–Kier alpha value is -1.51. The van der Waals surface area contributed by atoms with Crippen LogP contribution in [0.2, 0.25) is 0 Å². The predicted octanol–water partition coefficient (Wildman–Crippen LogP) is 2.78. The summed E-state index contributed by atoms with van der Waals surface area (Å²) in [5.41, 5.74) is 2.11. The van der Waals surface area contributed by atoms with E-state index in [1.165, 1.54) is 11.6 Å². The minimum absolute atomic E-state index is 0.210. The Bertz CT molecular complexity index is 743. The second-order valence-corrected chi connectivity index (χ2v) is 8.53. The molecule has 5 nitrogen and oxygen atoms in total. The van der Waals surface area contributed by atoms with Crippen LogP contribution in [0.1, 0.15) is 15.9 Å². The average molecular weight is 371 g/mol. The number of rotatable bonds is 8. The van der Waals surface area contributed by atoms with Crippen LogP contribution >= 0.6 is 23.1 Å². The number of hydrogen-bond donors (Lipinski definition) is 2. The molecule has 0 atom stereocenters. The fourth-order valence-corrected chi connectivity index (χ4v) is 3.98. The molecule has 0 bridgehead atoms. The molecule has 0 unspecified atom stereocenters. The molecule has 0 saturated heterocycles. The molecule has 0 aliphatic heterocycles. The van der Waals surface area contributed by atoms with Crippen LogP contribution in [-0.4, -0.2) is 32.9 Å². The highest BCUT2D eigenvalue weighted by Crippen LogP contribution is 2.15. The molecule has 0 aliphatic rings. The van der Waals surface area contributed by atoms with Crippen molar-refractivity contribution in [1.82, 2.24) is 5.32 Å². The van der Waals surface area contributed by atoms with Gasteiger partial charge in [0.05, 0.1) is 6.26 Å². The van der Waals surface area contributed by atoms with E-state index in [2.05, 4.69) is 26.9 Å². The van der Waals surface area contributed by atoms with Gasteiger partial charge in [0.2, 0.25) is 10.0 Å². The Kier molecular flexibility index (Phi) is 6.49. The van der Waals surface area contributed by atoms with E-state index in [9.17, 15) is 13.2 Å². The Morgan fingerprint density at radius 2 is 2.13 bits per heavy atom. The van der Waals surface area contributed by atoms with Crippen molar-refractivity contribution in [3.05, 3.63) is 52.2 Å². The molecule has 2 aromatic rings. The second-order valence-electron chi connectivity index (χ2n) is 4.90. The first kappa shape index (κ1) is 17.8. The van der Waals surface area contributed by atoms with E-state index in [0.29, 0.717) is 17.8 Å². The summed E-state index contributed by atoms with van der Waals surface area (Å²) in [7, 11) is -3.35. The summed E-state index contributed by atoms with van der Waals surface area (Å²) in [6.07, 6.45) is 1.07. The highest BCUT2D eigenvalue weighted by atomic mass is 32.2. The highest BCUT2D eigenvalue weighted by molar-refractivity contribution is 7.98. The van der Waals surface area contributed by atoms with Gasteiger partial charge in [-0.15, -0.1) is 0 Å². The first-order chi connectivity index (χ1) is 10.9. The summed E-state index contributed by atoms with van der Waals surface area (Å²) in [6, 6.07) is 8.52. The largest absolute Gasteiger partial charge is 0.351 e. The summed E-state index contributed by atoms with van der Waals surface area (Å²) in [5.74, 6) is 1.55. The van der Waals surface area contributed by atoms with E-state index >= 15 is 0 Å². The highest BCUT2D eigenvalue weighted by Gasteiger charge is 2.07. The molecule has 0 saturated carbocycles. The third kappa shape index (κ3) is 6.64. The molecule has 0 radical (unpaired) electrons. The Labute approximate surface area is 144 Å². The van der Waals surface area contributed by atoms with Crippen molar-refractivity contribution in [2.45, 2.75) is 5.75 Å². The molecule has 124 valence electrons. The molecule has 2 N–H and O–H groups in total. The number of thioether (sulfide) groups is 1. The lowest BCUT2D eigenvalue weighted by molar-refractivity contribution is 0.0956. The molecule has 1 heterocycles. The number of carbonyl (C=O) groups excluding carboxylic acids is 1. The minimum Gasteiger partial charge on any atom is -0.351 e. The maximum absolute atomic E-state index is 12.1. The van der Waals surface area contributed by atoms with Crippen LogP contribution in [0.25, 0.3) is 0 Å². The number of hydrogen-bond acceptors (Lipinski definition) is 5. The molecule has 0 spiro atoms. The molecule has 1 aromatic carbocycles. The van der Waals surface area contributed by atoms with Crippen molar-refractivity contribution >= 4 is 44.7 Å². The van der Waals surface area contributed by atoms with Gasteiger partial charge in [0, 0.05) is 29.3 Å². The third-order valence-corrected chi connectivity index (χ3v) is 5.18. The lowest BCUT2D eigenvalue weighted by atomic mass is 10.2. The number of thiophene rings is 1. The van der Waals surface area contributed by atoms with Gasteiger partial charge in [0.1, 0.15) is 0 Å². The number of nitrogens with one attached hydrogen (secondary N) is 2. The maximum Gasteiger partial charge on any atom is 0.251 e. The monoisotopic (exact) mass is 370 g/mol. The molecular weight excluding hydrogens is 352 g/mol. The maximum atomic E-state index is 12.1. The molecule has 2 rings (SSSR count). The number of sulfonamides is 1. The Morgan fingerprint density at radius 3 is 2.83 bits per heavy atom. The minimum atomic E-state index is -3.35. The predicted molar refractivity (Wildman–Crippen MR) is 97.7 cm³/mol. The smallest absolute Gasteiger partial charge is 0.251 e. The Morgan fingerprint density at radius 1 is 1.30 bits per heavy atom. The number of benzene rings is 1. The zero-order valence-electron chi connectivity index (χ0n) is 12.6. The van der Waals surface area contributed by atoms with Gasteiger partial charge >= 0.3 is 0 Å². The van der Waals surface area contributed by atoms with Crippen molar-refractivity contribution in [3.63, 3.8) is 0 Å². The summed E-state index contributed by atoms with van der Waals surface area (Å²) in [6.45, 7) is 0.567. The zero-order valence-corrected chi connectivity index (χ0v) is 15.1. The molecular formula is C15H18N2O3S3. The van der Waals surface area contributed by atoms with Gasteiger partial charge in [0.15, 0.2) is 0 Å². The van der Waals surface area contributed by atoms with Crippen molar-refractivity contribution in [2.24, 2.45) is 0 Å². The van der Waals surface area contributed by atoms with Crippen molar-refractivity contribution in [1.29, 1.82) is 0 Å². The van der Waals surface area contributed by atoms with Crippen LogP contribution in [0.4, 0.5) is 5.69 Å². The second kappa shape index (κ2) is 8.37. The number of anilines is 1. The van der Waals surface area contributed by atoms with Gasteiger partial charge in [0.25, 0.3) is 5.91 Å². The third-order valence-electron chi connectivity index (χ3n) is 2.81. The summed E-state index contributed by atoms with van der Waals surface area (Å²) in [4.78, 5) is 12.1. The van der Waals surface area contributed by atoms with Gasteiger partial charge in [-0.05, 0) is 40.6 Å². The summed E-state index contributed by atoms with van der Waals surface area (Å²) < 4.78 is 24.8. The van der Waals surface area contributed by atoms with Crippen LogP contribution in [0.5, 0.6) is 0 Å². The number of amides is 1. The lowest BCUT2D eigenvalue weighted by Gasteiger charge is -2.08. The fraction of sp³-hybridized carbons (Fsp3) is 0.267. The summed E-state index contributed by atoms with van der Waals surface area (Å²) >= 11 is 3.44. The van der Waals surface area contributed by atoms with Crippen LogP contribution in [0.3, 0.4) is 0 Å². The van der Waals surface area contributed by atoms with Gasteiger partial charge < -0.3 is 5.32 Å². The van der Waals surface area contributed by atoms with Gasteiger partial charge in [-0.1, -0.05) is 6.07 Å². The van der Waals surface area contributed by atoms with E-state index in [1.54, 1.807) is 41.3 Å². The van der Waals surface area contributed by atoms with Crippen molar-refractivity contribution in [2.75, 3.05) is 23.3 Å². The van der Waals surface area contributed by atoms with Crippen LogP contribution < -0.4 is 10.0 Å². The number of carbonyl (C=O) groups is 1. The average Bonchev–Trinajstić information content (AvgIpc) is 2.98. The fourth-order valence-electron chi connectivity index (χ4n) is 1.84. The standard InChI is InChI=1S/C15H18N2O3S3/c1-23(19,20)17-14-4-2-3-13(9-14)15(18)16-6-8-22-11-12-5-7-21-10-12/h2-5,7,9-10,17H,6,8,11H2,1H3,(H,16,18). The molecule has 8 heteroatoms. The van der Waals surface area contributed by atoms with E-state index in [-0.39, 0.29) is 5.91 Å². The van der Waals surface area contributed by atoms with Crippen LogP contribution in [-0.2, 0) is 15.8 Å². The zero-order chi connectivity index (χ0) is 16.7. The molecule has 1 aromatic heterocycles. The van der Waals surface area contributed by atoms with Crippen molar-refractivity contribution < 1.29 is 13.2 Å². The van der Waals surface area contributed by atoms with Gasteiger partial charge in [-0.3, -0.25) is 9.52 Å². The molecule has 0 fully saturated rings. The summed E-state index contributed by atoms with van der Waals surface area (Å²) in [5, 5.41) is 7.00. The first-order valence-electron chi connectivity index (χ1n) is 6.89. The van der Waals surface area contributed by atoms with Gasteiger partial charge in [-0.25, -0.2) is 8.42 Å². The Balaban J connectivity index is 1.78. The first-order valence-corrected chi connectivity index (χ1v) is 10.9. The van der Waals surface area contributed by atoms with Gasteiger partial charge in [-0.2, -0.15) is 23.1 Å². The quantitative estimate of drug-likeness (QED) is 0.701. The van der Waals surface area contributed by atoms with E-state index in [4.69, 9.17) is 0 Å². The van der Waals surface area contributed by atoms with Crippen LogP contribution in [0.15, 0.2) is 41.1 Å². The van der Waals surface area contributed by atoms with Crippen molar-refractivity contribution in [3.8, 4) is 0 Å².